The predicted octanol–water partition coefficient (Wildman–Crippen LogP) is 4.41. The number of nitrogens with zero attached hydrogens (tertiary/aromatic N) is 1. The standard InChI is InChI=1S/C20H17N3O2S/c1-15-2-12-20(13-3-15)26(24,25)23-19-10-8-18(9-11-19)22-17-6-4-16(14-21)5-7-17/h2-13,22-23H,1H3. The highest BCUT2D eigenvalue weighted by Crippen LogP contribution is 2.21. The van der Waals surface area contributed by atoms with Crippen molar-refractivity contribution < 1.29 is 8.42 Å². The molecule has 0 aliphatic rings. The fourth-order valence-corrected chi connectivity index (χ4v) is 3.41. The monoisotopic (exact) mass is 363 g/mol. The number of rotatable bonds is 5. The second-order valence-corrected chi connectivity index (χ2v) is 7.49. The highest BCUT2D eigenvalue weighted by Gasteiger charge is 2.13. The predicted molar refractivity (Wildman–Crippen MR) is 103 cm³/mol. The lowest BCUT2D eigenvalue weighted by molar-refractivity contribution is 0.601. The Bertz CT molecular complexity index is 1030. The Morgan fingerprint density at radius 1 is 0.769 bits per heavy atom. The van der Waals surface area contributed by atoms with Gasteiger partial charge in [0.15, 0.2) is 0 Å². The summed E-state index contributed by atoms with van der Waals surface area (Å²) < 4.78 is 27.4. The van der Waals surface area contributed by atoms with Gasteiger partial charge in [-0.15, -0.1) is 0 Å². The van der Waals surface area contributed by atoms with Crippen molar-refractivity contribution in [2.45, 2.75) is 11.8 Å². The van der Waals surface area contributed by atoms with E-state index in [2.05, 4.69) is 16.1 Å². The Hall–Kier alpha value is -3.30. The number of hydrogen-bond acceptors (Lipinski definition) is 4. The summed E-state index contributed by atoms with van der Waals surface area (Å²) in [5.74, 6) is 0. The van der Waals surface area contributed by atoms with Crippen LogP contribution in [0.5, 0.6) is 0 Å². The van der Waals surface area contributed by atoms with Crippen LogP contribution in [0.4, 0.5) is 17.1 Å². The third kappa shape index (κ3) is 4.21. The molecule has 130 valence electrons. The second kappa shape index (κ2) is 7.30. The van der Waals surface area contributed by atoms with E-state index in [1.807, 2.05) is 19.1 Å². The Kier molecular flexibility index (Phi) is 4.92. The van der Waals surface area contributed by atoms with Crippen LogP contribution in [0.2, 0.25) is 0 Å². The first-order valence-corrected chi connectivity index (χ1v) is 9.41. The fourth-order valence-electron chi connectivity index (χ4n) is 2.35. The average molecular weight is 363 g/mol. The van der Waals surface area contributed by atoms with E-state index >= 15 is 0 Å². The van der Waals surface area contributed by atoms with Gasteiger partial charge < -0.3 is 5.32 Å². The van der Waals surface area contributed by atoms with Crippen molar-refractivity contribution in [2.75, 3.05) is 10.0 Å². The average Bonchev–Trinajstić information content (AvgIpc) is 2.64. The van der Waals surface area contributed by atoms with Gasteiger partial charge in [0, 0.05) is 17.1 Å². The van der Waals surface area contributed by atoms with E-state index in [1.54, 1.807) is 60.7 Å². The Morgan fingerprint density at radius 3 is 1.81 bits per heavy atom. The zero-order valence-corrected chi connectivity index (χ0v) is 14.9. The van der Waals surface area contributed by atoms with Crippen molar-refractivity contribution in [3.8, 4) is 6.07 Å². The quantitative estimate of drug-likeness (QED) is 0.703. The maximum atomic E-state index is 12.4. The molecule has 0 amide bonds. The van der Waals surface area contributed by atoms with Crippen molar-refractivity contribution >= 4 is 27.1 Å². The molecule has 0 spiro atoms. The van der Waals surface area contributed by atoms with Crippen molar-refractivity contribution in [1.82, 2.24) is 0 Å². The lowest BCUT2D eigenvalue weighted by Gasteiger charge is -2.10. The van der Waals surface area contributed by atoms with E-state index in [4.69, 9.17) is 5.26 Å². The zero-order valence-electron chi connectivity index (χ0n) is 14.1. The van der Waals surface area contributed by atoms with Crippen LogP contribution >= 0.6 is 0 Å². The summed E-state index contributed by atoms with van der Waals surface area (Å²) in [5, 5.41) is 12.0. The lowest BCUT2D eigenvalue weighted by Crippen LogP contribution is -2.12. The number of anilines is 3. The van der Waals surface area contributed by atoms with Crippen LogP contribution in [0, 0.1) is 18.3 Å². The maximum Gasteiger partial charge on any atom is 0.261 e. The molecule has 0 aliphatic heterocycles. The minimum Gasteiger partial charge on any atom is -0.356 e. The number of nitrogens with one attached hydrogen (secondary N) is 2. The zero-order chi connectivity index (χ0) is 18.6. The molecule has 6 heteroatoms. The third-order valence-corrected chi connectivity index (χ3v) is 5.17. The Morgan fingerprint density at radius 2 is 1.27 bits per heavy atom. The van der Waals surface area contributed by atoms with Crippen LogP contribution < -0.4 is 10.0 Å². The van der Waals surface area contributed by atoms with E-state index in [-0.39, 0.29) is 4.90 Å². The lowest BCUT2D eigenvalue weighted by atomic mass is 10.2. The Labute approximate surface area is 153 Å². The summed E-state index contributed by atoms with van der Waals surface area (Å²) in [6.07, 6.45) is 0. The largest absolute Gasteiger partial charge is 0.356 e. The first-order valence-electron chi connectivity index (χ1n) is 7.93. The van der Waals surface area contributed by atoms with Gasteiger partial charge in [-0.05, 0) is 67.6 Å². The van der Waals surface area contributed by atoms with E-state index in [0.29, 0.717) is 11.3 Å². The molecule has 0 unspecified atom stereocenters. The van der Waals surface area contributed by atoms with Crippen molar-refractivity contribution in [3.63, 3.8) is 0 Å². The van der Waals surface area contributed by atoms with Gasteiger partial charge in [-0.25, -0.2) is 8.42 Å². The molecule has 3 aromatic rings. The molecule has 3 aromatic carbocycles. The smallest absolute Gasteiger partial charge is 0.261 e. The molecule has 0 aromatic heterocycles. The van der Waals surface area contributed by atoms with Crippen LogP contribution in [0.1, 0.15) is 11.1 Å². The minimum atomic E-state index is -3.61. The van der Waals surface area contributed by atoms with Crippen molar-refractivity contribution in [2.24, 2.45) is 0 Å². The van der Waals surface area contributed by atoms with Gasteiger partial charge in [-0.2, -0.15) is 5.26 Å². The molecule has 26 heavy (non-hydrogen) atoms. The van der Waals surface area contributed by atoms with Crippen LogP contribution in [0.15, 0.2) is 77.7 Å². The number of sulfonamides is 1. The van der Waals surface area contributed by atoms with Gasteiger partial charge in [0.25, 0.3) is 10.0 Å². The van der Waals surface area contributed by atoms with Gasteiger partial charge in [0.05, 0.1) is 16.5 Å². The van der Waals surface area contributed by atoms with Crippen LogP contribution in [0.3, 0.4) is 0 Å². The highest BCUT2D eigenvalue weighted by molar-refractivity contribution is 7.92. The van der Waals surface area contributed by atoms with Gasteiger partial charge in [0.2, 0.25) is 0 Å². The van der Waals surface area contributed by atoms with Gasteiger partial charge in [0.1, 0.15) is 0 Å². The number of benzene rings is 3. The van der Waals surface area contributed by atoms with Crippen molar-refractivity contribution in [3.05, 3.63) is 83.9 Å². The molecule has 0 heterocycles. The van der Waals surface area contributed by atoms with E-state index < -0.39 is 10.0 Å². The molecule has 0 bridgehead atoms. The molecule has 2 N–H and O–H groups in total. The first-order chi connectivity index (χ1) is 12.5. The summed E-state index contributed by atoms with van der Waals surface area (Å²) in [5.41, 5.74) is 3.74. The van der Waals surface area contributed by atoms with Crippen LogP contribution in [-0.4, -0.2) is 8.42 Å². The molecule has 0 fully saturated rings. The maximum absolute atomic E-state index is 12.4. The normalized spacial score (nSPS) is 10.8. The summed E-state index contributed by atoms with van der Waals surface area (Å²) in [6.45, 7) is 1.91. The summed E-state index contributed by atoms with van der Waals surface area (Å²) >= 11 is 0. The second-order valence-electron chi connectivity index (χ2n) is 5.81. The highest BCUT2D eigenvalue weighted by atomic mass is 32.2. The summed E-state index contributed by atoms with van der Waals surface area (Å²) in [4.78, 5) is 0.225. The molecule has 5 nitrogen and oxygen atoms in total. The molecule has 0 atom stereocenters. The van der Waals surface area contributed by atoms with Crippen molar-refractivity contribution in [1.29, 1.82) is 5.26 Å². The van der Waals surface area contributed by atoms with E-state index in [9.17, 15) is 8.42 Å². The molecule has 0 saturated heterocycles. The van der Waals surface area contributed by atoms with Crippen LogP contribution in [-0.2, 0) is 10.0 Å². The SMILES string of the molecule is Cc1ccc(S(=O)(=O)Nc2ccc(Nc3ccc(C#N)cc3)cc2)cc1. The number of hydrogen-bond donors (Lipinski definition) is 2. The molecule has 0 aliphatic carbocycles. The van der Waals surface area contributed by atoms with E-state index in [1.165, 1.54) is 0 Å². The van der Waals surface area contributed by atoms with E-state index in [0.717, 1.165) is 16.9 Å². The molecule has 0 radical (unpaired) electrons. The number of aryl methyl sites for hydroxylation is 1. The first kappa shape index (κ1) is 17.5. The van der Waals surface area contributed by atoms with Crippen LogP contribution in [0.25, 0.3) is 0 Å². The topological polar surface area (TPSA) is 82.0 Å². The minimum absolute atomic E-state index is 0.225. The summed E-state index contributed by atoms with van der Waals surface area (Å²) in [7, 11) is -3.61. The van der Waals surface area contributed by atoms with Gasteiger partial charge >= 0.3 is 0 Å². The molecular formula is C20H17N3O2S. The molecule has 0 saturated carbocycles. The summed E-state index contributed by atoms with van der Waals surface area (Å²) in [6, 6.07) is 22.8. The number of nitriles is 1. The van der Waals surface area contributed by atoms with Gasteiger partial charge in [-0.1, -0.05) is 17.7 Å². The third-order valence-electron chi connectivity index (χ3n) is 3.77. The van der Waals surface area contributed by atoms with Gasteiger partial charge in [-0.3, -0.25) is 4.72 Å². The molecular weight excluding hydrogens is 346 g/mol. The fraction of sp³-hybridized carbons (Fsp3) is 0.0500. The molecule has 3 rings (SSSR count). The Balaban J connectivity index is 1.71.